The Labute approximate surface area is 111 Å². The maximum Gasteiger partial charge on any atom is 0.107 e. The molecule has 1 saturated heterocycles. The van der Waals surface area contributed by atoms with Gasteiger partial charge in [-0.05, 0) is 17.7 Å². The predicted molar refractivity (Wildman–Crippen MR) is 75.9 cm³/mol. The van der Waals surface area contributed by atoms with Crippen molar-refractivity contribution in [2.45, 2.75) is 6.10 Å². The molecule has 0 radical (unpaired) electrons. The zero-order chi connectivity index (χ0) is 12.7. The number of epoxide rings is 1. The van der Waals surface area contributed by atoms with E-state index in [0.717, 1.165) is 23.4 Å². The van der Waals surface area contributed by atoms with Crippen LogP contribution in [0.2, 0.25) is 0 Å². The Morgan fingerprint density at radius 1 is 0.947 bits per heavy atom. The van der Waals surface area contributed by atoms with E-state index in [2.05, 4.69) is 36.4 Å². The maximum absolute atomic E-state index is 5.47. The van der Waals surface area contributed by atoms with Crippen LogP contribution >= 0.6 is 0 Å². The molecule has 2 heterocycles. The van der Waals surface area contributed by atoms with Gasteiger partial charge in [-0.2, -0.15) is 0 Å². The molecule has 2 heteroatoms. The Hall–Kier alpha value is -2.19. The summed E-state index contributed by atoms with van der Waals surface area (Å²) < 4.78 is 5.47. The minimum absolute atomic E-state index is 0.246. The first-order valence-electron chi connectivity index (χ1n) is 6.48. The number of hydrogen-bond donors (Lipinski definition) is 0. The number of pyridine rings is 1. The van der Waals surface area contributed by atoms with Crippen molar-refractivity contribution in [2.75, 3.05) is 6.61 Å². The highest BCUT2D eigenvalue weighted by molar-refractivity contribution is 5.85. The molecule has 1 aliphatic rings. The summed E-state index contributed by atoms with van der Waals surface area (Å²) in [5.74, 6) is 0. The Balaban J connectivity index is 1.98. The summed E-state index contributed by atoms with van der Waals surface area (Å²) in [5, 5.41) is 1.20. The van der Waals surface area contributed by atoms with Gasteiger partial charge in [-0.3, -0.25) is 0 Å². The molecule has 92 valence electrons. The lowest BCUT2D eigenvalue weighted by molar-refractivity contribution is 0.417. The van der Waals surface area contributed by atoms with Gasteiger partial charge in [0.25, 0.3) is 0 Å². The van der Waals surface area contributed by atoms with Crippen molar-refractivity contribution in [1.29, 1.82) is 0 Å². The Morgan fingerprint density at radius 2 is 1.68 bits per heavy atom. The van der Waals surface area contributed by atoms with E-state index in [4.69, 9.17) is 9.72 Å². The minimum Gasteiger partial charge on any atom is -0.368 e. The van der Waals surface area contributed by atoms with Gasteiger partial charge in [0.1, 0.15) is 6.10 Å². The van der Waals surface area contributed by atoms with E-state index in [1.54, 1.807) is 0 Å². The molecule has 0 saturated carbocycles. The molecular weight excluding hydrogens is 234 g/mol. The van der Waals surface area contributed by atoms with Crippen LogP contribution in [0.3, 0.4) is 0 Å². The first kappa shape index (κ1) is 10.7. The van der Waals surface area contributed by atoms with Gasteiger partial charge in [0.2, 0.25) is 0 Å². The molecule has 1 aromatic heterocycles. The average Bonchev–Trinajstić information content (AvgIpc) is 3.32. The van der Waals surface area contributed by atoms with E-state index in [1.165, 1.54) is 10.9 Å². The van der Waals surface area contributed by atoms with Crippen molar-refractivity contribution in [3.05, 3.63) is 66.2 Å². The topological polar surface area (TPSA) is 25.4 Å². The van der Waals surface area contributed by atoms with Gasteiger partial charge in [-0.15, -0.1) is 0 Å². The molecule has 4 rings (SSSR count). The average molecular weight is 247 g/mol. The Morgan fingerprint density at radius 3 is 2.47 bits per heavy atom. The molecule has 19 heavy (non-hydrogen) atoms. The zero-order valence-corrected chi connectivity index (χ0v) is 10.4. The summed E-state index contributed by atoms with van der Waals surface area (Å²) in [7, 11) is 0. The second-order valence-corrected chi connectivity index (χ2v) is 4.80. The molecule has 3 aromatic rings. The first-order valence-corrected chi connectivity index (χ1v) is 6.48. The van der Waals surface area contributed by atoms with Gasteiger partial charge >= 0.3 is 0 Å². The molecule has 0 N–H and O–H groups in total. The second-order valence-electron chi connectivity index (χ2n) is 4.80. The minimum atomic E-state index is 0.246. The van der Waals surface area contributed by atoms with Crippen LogP contribution in [0.5, 0.6) is 0 Å². The van der Waals surface area contributed by atoms with Crippen LogP contribution in [0, 0.1) is 0 Å². The van der Waals surface area contributed by atoms with Crippen molar-refractivity contribution in [2.24, 2.45) is 0 Å². The van der Waals surface area contributed by atoms with E-state index >= 15 is 0 Å². The molecule has 0 spiro atoms. The summed E-state index contributed by atoms with van der Waals surface area (Å²) in [6, 6.07) is 20.7. The van der Waals surface area contributed by atoms with Gasteiger partial charge < -0.3 is 4.74 Å². The Bertz CT molecular complexity index is 733. The molecule has 2 nitrogen and oxygen atoms in total. The number of nitrogens with zero attached hydrogens (tertiary/aromatic N) is 1. The summed E-state index contributed by atoms with van der Waals surface area (Å²) in [6.45, 7) is 0.822. The number of hydrogen-bond acceptors (Lipinski definition) is 2. The lowest BCUT2D eigenvalue weighted by Gasteiger charge is -2.08. The molecular formula is C17H13NO. The lowest BCUT2D eigenvalue weighted by Crippen LogP contribution is -1.91. The normalized spacial score (nSPS) is 17.6. The number of aromatic nitrogens is 1. The highest BCUT2D eigenvalue weighted by Crippen LogP contribution is 2.36. The standard InChI is InChI=1S/C17H13NO/c1-2-6-12(7-3-1)16-10-14(17-11-19-17)13-8-4-5-9-15(13)18-16/h1-10,17H,11H2. The SMILES string of the molecule is c1ccc(-c2cc(C3CO3)c3ccccc3n2)cc1. The van der Waals surface area contributed by atoms with Crippen LogP contribution in [0.15, 0.2) is 60.7 Å². The monoisotopic (exact) mass is 247 g/mol. The highest BCUT2D eigenvalue weighted by atomic mass is 16.6. The van der Waals surface area contributed by atoms with Crippen molar-refractivity contribution < 1.29 is 4.74 Å². The third-order valence-electron chi connectivity index (χ3n) is 3.50. The van der Waals surface area contributed by atoms with Gasteiger partial charge in [-0.25, -0.2) is 4.98 Å². The fourth-order valence-corrected chi connectivity index (χ4v) is 2.45. The zero-order valence-electron chi connectivity index (χ0n) is 10.4. The fourth-order valence-electron chi connectivity index (χ4n) is 2.45. The number of rotatable bonds is 2. The number of para-hydroxylation sites is 1. The van der Waals surface area contributed by atoms with E-state index in [1.807, 2.05) is 24.3 Å². The quantitative estimate of drug-likeness (QED) is 0.640. The highest BCUT2D eigenvalue weighted by Gasteiger charge is 2.27. The van der Waals surface area contributed by atoms with E-state index in [0.29, 0.717) is 0 Å². The smallest absolute Gasteiger partial charge is 0.107 e. The number of fused-ring (bicyclic) bond motifs is 1. The lowest BCUT2D eigenvalue weighted by atomic mass is 10.0. The molecule has 1 unspecified atom stereocenters. The van der Waals surface area contributed by atoms with Gasteiger partial charge in [0, 0.05) is 10.9 Å². The summed E-state index contributed by atoms with van der Waals surface area (Å²) in [6.07, 6.45) is 0.246. The summed E-state index contributed by atoms with van der Waals surface area (Å²) >= 11 is 0. The second kappa shape index (κ2) is 4.18. The first-order chi connectivity index (χ1) is 9.42. The van der Waals surface area contributed by atoms with Gasteiger partial charge in [0.15, 0.2) is 0 Å². The Kier molecular flexibility index (Phi) is 2.35. The van der Waals surface area contributed by atoms with Crippen molar-refractivity contribution in [1.82, 2.24) is 4.98 Å². The largest absolute Gasteiger partial charge is 0.368 e. The van der Waals surface area contributed by atoms with Crippen molar-refractivity contribution >= 4 is 10.9 Å². The van der Waals surface area contributed by atoms with Crippen molar-refractivity contribution in [3.8, 4) is 11.3 Å². The van der Waals surface area contributed by atoms with Crippen LogP contribution in [-0.2, 0) is 4.74 Å². The maximum atomic E-state index is 5.47. The van der Waals surface area contributed by atoms with Crippen molar-refractivity contribution in [3.63, 3.8) is 0 Å². The molecule has 0 bridgehead atoms. The predicted octanol–water partition coefficient (Wildman–Crippen LogP) is 3.97. The number of ether oxygens (including phenoxy) is 1. The fraction of sp³-hybridized carbons (Fsp3) is 0.118. The molecule has 1 aliphatic heterocycles. The summed E-state index contributed by atoms with van der Waals surface area (Å²) in [4.78, 5) is 4.76. The molecule has 1 atom stereocenters. The van der Waals surface area contributed by atoms with Crippen LogP contribution in [0.1, 0.15) is 11.7 Å². The van der Waals surface area contributed by atoms with E-state index in [-0.39, 0.29) is 6.10 Å². The van der Waals surface area contributed by atoms with Crippen LogP contribution < -0.4 is 0 Å². The number of benzene rings is 2. The van der Waals surface area contributed by atoms with E-state index in [9.17, 15) is 0 Å². The van der Waals surface area contributed by atoms with Gasteiger partial charge in [-0.1, -0.05) is 48.5 Å². The van der Waals surface area contributed by atoms with Crippen LogP contribution in [-0.4, -0.2) is 11.6 Å². The third-order valence-corrected chi connectivity index (χ3v) is 3.50. The molecule has 0 aliphatic carbocycles. The van der Waals surface area contributed by atoms with Crippen LogP contribution in [0.4, 0.5) is 0 Å². The molecule has 0 amide bonds. The molecule has 1 fully saturated rings. The van der Waals surface area contributed by atoms with Crippen LogP contribution in [0.25, 0.3) is 22.2 Å². The summed E-state index contributed by atoms with van der Waals surface area (Å²) in [5.41, 5.74) is 4.46. The third kappa shape index (κ3) is 1.90. The van der Waals surface area contributed by atoms with E-state index < -0.39 is 0 Å². The van der Waals surface area contributed by atoms with Gasteiger partial charge in [0.05, 0.1) is 17.8 Å². The molecule has 2 aromatic carbocycles.